The Kier molecular flexibility index (Phi) is 4.94. The van der Waals surface area contributed by atoms with Crippen LogP contribution in [-0.4, -0.2) is 50.2 Å². The van der Waals surface area contributed by atoms with E-state index in [9.17, 15) is 4.79 Å². The predicted octanol–water partition coefficient (Wildman–Crippen LogP) is 2.91. The fourth-order valence-electron chi connectivity index (χ4n) is 3.78. The number of amides is 1. The first kappa shape index (κ1) is 17.7. The first-order valence-electron chi connectivity index (χ1n) is 9.63. The van der Waals surface area contributed by atoms with Crippen molar-refractivity contribution in [1.29, 1.82) is 0 Å². The maximum atomic E-state index is 12.5. The van der Waals surface area contributed by atoms with Gasteiger partial charge in [-0.25, -0.2) is 4.98 Å². The van der Waals surface area contributed by atoms with Crippen LogP contribution in [0.3, 0.4) is 0 Å². The van der Waals surface area contributed by atoms with Gasteiger partial charge in [-0.1, -0.05) is 12.1 Å². The summed E-state index contributed by atoms with van der Waals surface area (Å²) in [4.78, 5) is 22.9. The highest BCUT2D eigenvalue weighted by molar-refractivity contribution is 5.92. The van der Waals surface area contributed by atoms with Gasteiger partial charge >= 0.3 is 0 Å². The topological polar surface area (TPSA) is 78.8 Å². The van der Waals surface area contributed by atoms with E-state index in [2.05, 4.69) is 26.4 Å². The Hall–Kier alpha value is -2.67. The second-order valence-corrected chi connectivity index (χ2v) is 7.25. The van der Waals surface area contributed by atoms with Crippen molar-refractivity contribution in [3.8, 4) is 0 Å². The highest BCUT2D eigenvalue weighted by Gasteiger charge is 2.25. The number of nitrogens with zero attached hydrogens (tertiary/aromatic N) is 4. The Morgan fingerprint density at radius 3 is 3.00 bits per heavy atom. The van der Waals surface area contributed by atoms with Gasteiger partial charge in [0.15, 0.2) is 0 Å². The van der Waals surface area contributed by atoms with E-state index in [0.717, 1.165) is 60.7 Å². The number of nitrogens with one attached hydrogen (secondary N) is 2. The zero-order valence-electron chi connectivity index (χ0n) is 15.9. The van der Waals surface area contributed by atoms with Gasteiger partial charge in [-0.2, -0.15) is 5.10 Å². The molecule has 1 saturated heterocycles. The van der Waals surface area contributed by atoms with Crippen LogP contribution in [0.1, 0.15) is 37.2 Å². The summed E-state index contributed by atoms with van der Waals surface area (Å²) in [5.74, 6) is 1.38. The first-order chi connectivity index (χ1) is 13.1. The summed E-state index contributed by atoms with van der Waals surface area (Å²) in [6.45, 7) is 6.93. The molecule has 0 aliphatic carbocycles. The average Bonchev–Trinajstić information content (AvgIpc) is 3.25. The zero-order chi connectivity index (χ0) is 18.8. The van der Waals surface area contributed by atoms with Crippen molar-refractivity contribution in [2.75, 3.05) is 25.0 Å². The smallest absolute Gasteiger partial charge is 0.238 e. The van der Waals surface area contributed by atoms with Crippen molar-refractivity contribution in [1.82, 2.24) is 24.6 Å². The molecule has 7 heteroatoms. The van der Waals surface area contributed by atoms with Crippen molar-refractivity contribution < 1.29 is 4.79 Å². The SMILES string of the molecule is CCn1cc(NC(=O)CN2CCCC(c3nc4ccccc4[nH]3)C2)c(C)n1. The van der Waals surface area contributed by atoms with Gasteiger partial charge in [0, 0.05) is 25.2 Å². The van der Waals surface area contributed by atoms with Crippen LogP contribution in [0, 0.1) is 6.92 Å². The lowest BCUT2D eigenvalue weighted by molar-refractivity contribution is -0.117. The highest BCUT2D eigenvalue weighted by Crippen LogP contribution is 2.26. The van der Waals surface area contributed by atoms with Crippen LogP contribution in [0.5, 0.6) is 0 Å². The molecule has 2 N–H and O–H groups in total. The number of piperidine rings is 1. The minimum absolute atomic E-state index is 0.0130. The van der Waals surface area contributed by atoms with Gasteiger partial charge in [0.1, 0.15) is 5.82 Å². The molecule has 0 saturated carbocycles. The van der Waals surface area contributed by atoms with Crippen LogP contribution in [0.4, 0.5) is 5.69 Å². The molecule has 1 unspecified atom stereocenters. The lowest BCUT2D eigenvalue weighted by atomic mass is 9.97. The van der Waals surface area contributed by atoms with E-state index in [1.54, 1.807) is 0 Å². The summed E-state index contributed by atoms with van der Waals surface area (Å²) in [5.41, 5.74) is 3.73. The number of H-pyrrole nitrogens is 1. The number of benzene rings is 1. The minimum atomic E-state index is 0.0130. The lowest BCUT2D eigenvalue weighted by Gasteiger charge is -2.31. The third-order valence-electron chi connectivity index (χ3n) is 5.21. The van der Waals surface area contributed by atoms with Gasteiger partial charge in [0.05, 0.1) is 29.0 Å². The summed E-state index contributed by atoms with van der Waals surface area (Å²) >= 11 is 0. The summed E-state index contributed by atoms with van der Waals surface area (Å²) < 4.78 is 1.84. The molecule has 1 fully saturated rings. The van der Waals surface area contributed by atoms with Gasteiger partial charge in [-0.15, -0.1) is 0 Å². The van der Waals surface area contributed by atoms with Crippen molar-refractivity contribution in [3.63, 3.8) is 0 Å². The maximum Gasteiger partial charge on any atom is 0.238 e. The molecule has 0 radical (unpaired) electrons. The summed E-state index contributed by atoms with van der Waals surface area (Å²) in [7, 11) is 0. The van der Waals surface area contributed by atoms with Gasteiger partial charge in [-0.3, -0.25) is 14.4 Å². The van der Waals surface area contributed by atoms with Crippen LogP contribution < -0.4 is 5.32 Å². The van der Waals surface area contributed by atoms with E-state index in [1.165, 1.54) is 0 Å². The molecule has 142 valence electrons. The molecular formula is C20H26N6O. The minimum Gasteiger partial charge on any atom is -0.342 e. The van der Waals surface area contributed by atoms with Crippen LogP contribution in [0.25, 0.3) is 11.0 Å². The number of aryl methyl sites for hydroxylation is 2. The molecule has 3 aromatic rings. The fraction of sp³-hybridized carbons (Fsp3) is 0.450. The molecule has 1 aromatic carbocycles. The van der Waals surface area contributed by atoms with Crippen molar-refractivity contribution in [3.05, 3.63) is 42.0 Å². The van der Waals surface area contributed by atoms with Crippen LogP contribution in [0.15, 0.2) is 30.5 Å². The predicted molar refractivity (Wildman–Crippen MR) is 106 cm³/mol. The summed E-state index contributed by atoms with van der Waals surface area (Å²) in [5, 5.41) is 7.38. The molecular weight excluding hydrogens is 340 g/mol. The number of aromatic nitrogens is 4. The zero-order valence-corrected chi connectivity index (χ0v) is 15.9. The molecule has 1 amide bonds. The fourth-order valence-corrected chi connectivity index (χ4v) is 3.78. The van der Waals surface area contributed by atoms with Crippen molar-refractivity contribution in [2.24, 2.45) is 0 Å². The third-order valence-corrected chi connectivity index (χ3v) is 5.21. The Morgan fingerprint density at radius 2 is 2.22 bits per heavy atom. The normalized spacial score (nSPS) is 18.1. The average molecular weight is 366 g/mol. The number of likely N-dealkylation sites (tertiary alicyclic amines) is 1. The largest absolute Gasteiger partial charge is 0.342 e. The molecule has 7 nitrogen and oxygen atoms in total. The van der Waals surface area contributed by atoms with E-state index in [4.69, 9.17) is 4.98 Å². The quantitative estimate of drug-likeness (QED) is 0.728. The Bertz CT molecular complexity index is 910. The van der Waals surface area contributed by atoms with Gasteiger partial charge in [-0.05, 0) is 45.4 Å². The number of para-hydroxylation sites is 2. The Balaban J connectivity index is 1.39. The highest BCUT2D eigenvalue weighted by atomic mass is 16.2. The van der Waals surface area contributed by atoms with Gasteiger partial charge in [0.25, 0.3) is 0 Å². The molecule has 0 spiro atoms. The van der Waals surface area contributed by atoms with E-state index in [0.29, 0.717) is 12.5 Å². The lowest BCUT2D eigenvalue weighted by Crippen LogP contribution is -2.40. The number of aromatic amines is 1. The van der Waals surface area contributed by atoms with Gasteiger partial charge < -0.3 is 10.3 Å². The standard InChI is InChI=1S/C20H26N6O/c1-3-26-12-18(14(2)24-26)21-19(27)13-25-10-6-7-15(11-25)20-22-16-8-4-5-9-17(16)23-20/h4-5,8-9,12,15H,3,6-7,10-11,13H2,1-2H3,(H,21,27)(H,22,23). The van der Waals surface area contributed by atoms with E-state index >= 15 is 0 Å². The van der Waals surface area contributed by atoms with E-state index < -0.39 is 0 Å². The number of anilines is 1. The van der Waals surface area contributed by atoms with Crippen LogP contribution >= 0.6 is 0 Å². The number of rotatable bonds is 5. The van der Waals surface area contributed by atoms with E-state index in [-0.39, 0.29) is 5.91 Å². The van der Waals surface area contributed by atoms with Crippen LogP contribution in [-0.2, 0) is 11.3 Å². The maximum absolute atomic E-state index is 12.5. The molecule has 2 aromatic heterocycles. The Labute approximate surface area is 158 Å². The number of carbonyl (C=O) groups is 1. The summed E-state index contributed by atoms with van der Waals surface area (Å²) in [6.07, 6.45) is 4.06. The molecule has 27 heavy (non-hydrogen) atoms. The second kappa shape index (κ2) is 7.52. The van der Waals surface area contributed by atoms with Gasteiger partial charge in [0.2, 0.25) is 5.91 Å². The summed E-state index contributed by atoms with van der Waals surface area (Å²) in [6, 6.07) is 8.11. The number of fused-ring (bicyclic) bond motifs is 1. The molecule has 0 bridgehead atoms. The molecule has 1 atom stereocenters. The number of carbonyl (C=O) groups excluding carboxylic acids is 1. The monoisotopic (exact) mass is 366 g/mol. The number of hydrogen-bond donors (Lipinski definition) is 2. The van der Waals surface area contributed by atoms with E-state index in [1.807, 2.05) is 42.9 Å². The third kappa shape index (κ3) is 3.88. The number of hydrogen-bond acceptors (Lipinski definition) is 4. The Morgan fingerprint density at radius 1 is 1.37 bits per heavy atom. The molecule has 3 heterocycles. The second-order valence-electron chi connectivity index (χ2n) is 7.25. The first-order valence-corrected chi connectivity index (χ1v) is 9.63. The molecule has 1 aliphatic rings. The molecule has 4 rings (SSSR count). The molecule has 1 aliphatic heterocycles. The van der Waals surface area contributed by atoms with Crippen molar-refractivity contribution >= 4 is 22.6 Å². The van der Waals surface area contributed by atoms with Crippen LogP contribution in [0.2, 0.25) is 0 Å². The van der Waals surface area contributed by atoms with Crippen molar-refractivity contribution in [2.45, 2.75) is 39.2 Å². The number of imidazole rings is 1.